The van der Waals surface area contributed by atoms with E-state index in [2.05, 4.69) is 5.32 Å². The van der Waals surface area contributed by atoms with Crippen LogP contribution in [0.15, 0.2) is 42.5 Å². The van der Waals surface area contributed by atoms with E-state index in [1.54, 1.807) is 42.5 Å². The van der Waals surface area contributed by atoms with Crippen LogP contribution in [0.1, 0.15) is 39.1 Å². The predicted molar refractivity (Wildman–Crippen MR) is 99.4 cm³/mol. The number of imide groups is 1. The molecule has 134 valence electrons. The Hall–Kier alpha value is -2.37. The maximum atomic E-state index is 12.2. The summed E-state index contributed by atoms with van der Waals surface area (Å²) < 4.78 is 0. The molecule has 0 fully saturated rings. The number of amides is 3. The molecule has 0 saturated heterocycles. The molecule has 0 radical (unpaired) electrons. The maximum Gasteiger partial charge on any atom is 0.261 e. The number of rotatable bonds is 6. The second kappa shape index (κ2) is 7.89. The van der Waals surface area contributed by atoms with Gasteiger partial charge in [0.05, 0.1) is 11.1 Å². The minimum absolute atomic E-state index is 0.173. The van der Waals surface area contributed by atoms with E-state index in [1.807, 2.05) is 0 Å². The summed E-state index contributed by atoms with van der Waals surface area (Å²) in [7, 11) is 0. The highest BCUT2D eigenvalue weighted by Gasteiger charge is 2.34. The van der Waals surface area contributed by atoms with Crippen LogP contribution in [0.3, 0.4) is 0 Å². The highest BCUT2D eigenvalue weighted by molar-refractivity contribution is 6.35. The van der Waals surface area contributed by atoms with Crippen LogP contribution in [0.4, 0.5) is 0 Å². The third-order valence-electron chi connectivity index (χ3n) is 4.15. The van der Waals surface area contributed by atoms with Crippen LogP contribution in [0.5, 0.6) is 0 Å². The number of hydrogen-bond donors (Lipinski definition) is 1. The van der Waals surface area contributed by atoms with Crippen LogP contribution in [0, 0.1) is 0 Å². The van der Waals surface area contributed by atoms with Gasteiger partial charge in [0.1, 0.15) is 0 Å². The van der Waals surface area contributed by atoms with Crippen molar-refractivity contribution in [2.45, 2.75) is 19.4 Å². The number of nitrogens with zero attached hydrogens (tertiary/aromatic N) is 1. The Labute approximate surface area is 160 Å². The second-order valence-corrected chi connectivity index (χ2v) is 6.77. The number of hydrogen-bond acceptors (Lipinski definition) is 3. The Kier molecular flexibility index (Phi) is 5.59. The zero-order valence-electron chi connectivity index (χ0n) is 13.8. The van der Waals surface area contributed by atoms with Crippen molar-refractivity contribution in [1.29, 1.82) is 0 Å². The summed E-state index contributed by atoms with van der Waals surface area (Å²) >= 11 is 11.9. The van der Waals surface area contributed by atoms with E-state index >= 15 is 0 Å². The van der Waals surface area contributed by atoms with Gasteiger partial charge in [0.2, 0.25) is 5.91 Å². The highest BCUT2D eigenvalue weighted by atomic mass is 35.5. The van der Waals surface area contributed by atoms with Gasteiger partial charge in [-0.15, -0.1) is 0 Å². The lowest BCUT2D eigenvalue weighted by atomic mass is 10.1. The molecular formula is C19H16Cl2N2O3. The Balaban J connectivity index is 1.47. The molecule has 0 aliphatic carbocycles. The number of benzene rings is 2. The number of halogens is 2. The molecule has 1 aliphatic rings. The topological polar surface area (TPSA) is 66.5 Å². The van der Waals surface area contributed by atoms with Crippen molar-refractivity contribution in [3.8, 4) is 0 Å². The third-order valence-corrected chi connectivity index (χ3v) is 4.74. The second-order valence-electron chi connectivity index (χ2n) is 5.92. The van der Waals surface area contributed by atoms with E-state index in [-0.39, 0.29) is 30.7 Å². The molecule has 0 unspecified atom stereocenters. The molecule has 5 nitrogen and oxygen atoms in total. The summed E-state index contributed by atoms with van der Waals surface area (Å²) in [6.07, 6.45) is 0.601. The standard InChI is InChI=1S/C19H16Cl2N2O3/c20-13-8-7-12(16(21)10-13)11-22-17(24)6-3-9-23-18(25)14-4-1-2-5-15(14)19(23)26/h1-2,4-5,7-8,10H,3,6,9,11H2,(H,22,24). The van der Waals surface area contributed by atoms with Crippen LogP contribution in [-0.2, 0) is 11.3 Å². The van der Waals surface area contributed by atoms with Crippen LogP contribution >= 0.6 is 23.2 Å². The molecule has 0 spiro atoms. The summed E-state index contributed by atoms with van der Waals surface area (Å²) in [5.41, 5.74) is 1.60. The average Bonchev–Trinajstić information content (AvgIpc) is 2.86. The van der Waals surface area contributed by atoms with Crippen molar-refractivity contribution in [3.05, 3.63) is 69.2 Å². The molecule has 0 atom stereocenters. The number of fused-ring (bicyclic) bond motifs is 1. The molecule has 7 heteroatoms. The summed E-state index contributed by atoms with van der Waals surface area (Å²) in [6.45, 7) is 0.503. The molecule has 2 aromatic rings. The van der Waals surface area contributed by atoms with Crippen molar-refractivity contribution in [1.82, 2.24) is 10.2 Å². The molecule has 26 heavy (non-hydrogen) atoms. The first-order chi connectivity index (χ1) is 12.5. The van der Waals surface area contributed by atoms with Crippen LogP contribution in [0.25, 0.3) is 0 Å². The maximum absolute atomic E-state index is 12.2. The summed E-state index contributed by atoms with van der Waals surface area (Å²) in [5, 5.41) is 3.79. The van der Waals surface area contributed by atoms with E-state index in [9.17, 15) is 14.4 Å². The molecule has 2 aromatic carbocycles. The van der Waals surface area contributed by atoms with E-state index in [0.717, 1.165) is 5.56 Å². The minimum atomic E-state index is -0.307. The molecule has 3 amide bonds. The van der Waals surface area contributed by atoms with E-state index in [1.165, 1.54) is 4.90 Å². The Morgan fingerprint density at radius 3 is 2.27 bits per heavy atom. The lowest BCUT2D eigenvalue weighted by molar-refractivity contribution is -0.121. The first-order valence-corrected chi connectivity index (χ1v) is 8.89. The molecule has 0 aromatic heterocycles. The van der Waals surface area contributed by atoms with Gasteiger partial charge < -0.3 is 5.32 Å². The van der Waals surface area contributed by atoms with Crippen LogP contribution in [0.2, 0.25) is 10.0 Å². The summed E-state index contributed by atoms with van der Waals surface area (Å²) in [5.74, 6) is -0.787. The monoisotopic (exact) mass is 390 g/mol. The summed E-state index contributed by atoms with van der Waals surface area (Å²) in [4.78, 5) is 37.6. The van der Waals surface area contributed by atoms with E-state index in [0.29, 0.717) is 34.1 Å². The van der Waals surface area contributed by atoms with Crippen LogP contribution in [-0.4, -0.2) is 29.2 Å². The number of carbonyl (C=O) groups is 3. The molecule has 3 rings (SSSR count). The van der Waals surface area contributed by atoms with Crippen LogP contribution < -0.4 is 5.32 Å². The zero-order valence-corrected chi connectivity index (χ0v) is 15.3. The fourth-order valence-electron chi connectivity index (χ4n) is 2.79. The number of carbonyl (C=O) groups excluding carboxylic acids is 3. The first-order valence-electron chi connectivity index (χ1n) is 8.13. The van der Waals surface area contributed by atoms with Gasteiger partial charge in [-0.1, -0.05) is 41.4 Å². The Bertz CT molecular complexity index is 848. The highest BCUT2D eigenvalue weighted by Crippen LogP contribution is 2.23. The molecule has 1 heterocycles. The summed E-state index contributed by atoms with van der Waals surface area (Å²) in [6, 6.07) is 11.8. The van der Waals surface area contributed by atoms with Crippen molar-refractivity contribution in [2.75, 3.05) is 6.54 Å². The largest absolute Gasteiger partial charge is 0.352 e. The van der Waals surface area contributed by atoms with Gasteiger partial charge >= 0.3 is 0 Å². The fraction of sp³-hybridized carbons (Fsp3) is 0.211. The first kappa shape index (κ1) is 18.4. The van der Waals surface area contributed by atoms with E-state index in [4.69, 9.17) is 23.2 Å². The SMILES string of the molecule is O=C(CCCN1C(=O)c2ccccc2C1=O)NCc1ccc(Cl)cc1Cl. The third kappa shape index (κ3) is 3.89. The van der Waals surface area contributed by atoms with Crippen molar-refractivity contribution >= 4 is 40.9 Å². The van der Waals surface area contributed by atoms with Gasteiger partial charge in [0, 0.05) is 29.6 Å². The van der Waals surface area contributed by atoms with Gasteiger partial charge in [0.25, 0.3) is 11.8 Å². The minimum Gasteiger partial charge on any atom is -0.352 e. The molecule has 1 N–H and O–H groups in total. The van der Waals surface area contributed by atoms with Gasteiger partial charge in [-0.05, 0) is 36.2 Å². The van der Waals surface area contributed by atoms with Gasteiger partial charge in [0.15, 0.2) is 0 Å². The Morgan fingerprint density at radius 1 is 1.00 bits per heavy atom. The lowest BCUT2D eigenvalue weighted by Gasteiger charge is -2.13. The number of nitrogens with one attached hydrogen (secondary N) is 1. The quantitative estimate of drug-likeness (QED) is 0.764. The smallest absolute Gasteiger partial charge is 0.261 e. The lowest BCUT2D eigenvalue weighted by Crippen LogP contribution is -2.32. The fourth-order valence-corrected chi connectivity index (χ4v) is 3.26. The van der Waals surface area contributed by atoms with Crippen molar-refractivity contribution in [3.63, 3.8) is 0 Å². The molecule has 0 bridgehead atoms. The average molecular weight is 391 g/mol. The van der Waals surface area contributed by atoms with Gasteiger partial charge in [-0.3, -0.25) is 19.3 Å². The van der Waals surface area contributed by atoms with Crippen molar-refractivity contribution < 1.29 is 14.4 Å². The zero-order chi connectivity index (χ0) is 18.7. The molecular weight excluding hydrogens is 375 g/mol. The Morgan fingerprint density at radius 2 is 1.65 bits per heavy atom. The van der Waals surface area contributed by atoms with E-state index < -0.39 is 0 Å². The normalized spacial score (nSPS) is 13.1. The van der Waals surface area contributed by atoms with Gasteiger partial charge in [-0.2, -0.15) is 0 Å². The molecule has 0 saturated carbocycles. The van der Waals surface area contributed by atoms with Gasteiger partial charge in [-0.25, -0.2) is 0 Å². The predicted octanol–water partition coefficient (Wildman–Crippen LogP) is 3.69. The molecule has 1 aliphatic heterocycles. The van der Waals surface area contributed by atoms with Crippen molar-refractivity contribution in [2.24, 2.45) is 0 Å².